The molecule has 0 amide bonds. The lowest BCUT2D eigenvalue weighted by atomic mass is 10.2. The summed E-state index contributed by atoms with van der Waals surface area (Å²) in [4.78, 5) is 8.32. The van der Waals surface area contributed by atoms with Crippen molar-refractivity contribution in [2.75, 3.05) is 0 Å². The summed E-state index contributed by atoms with van der Waals surface area (Å²) in [5.74, 6) is 0.949. The number of nitrogens with zero attached hydrogens (tertiary/aromatic N) is 2. The highest BCUT2D eigenvalue weighted by Crippen LogP contribution is 2.19. The zero-order valence-corrected chi connectivity index (χ0v) is 12.9. The quantitative estimate of drug-likeness (QED) is 0.632. The molecule has 0 atom stereocenters. The van der Waals surface area contributed by atoms with Gasteiger partial charge in [-0.05, 0) is 5.56 Å². The van der Waals surface area contributed by atoms with E-state index in [1.807, 2.05) is 0 Å². The van der Waals surface area contributed by atoms with Crippen molar-refractivity contribution in [3.8, 4) is 0 Å². The van der Waals surface area contributed by atoms with Gasteiger partial charge in [0.15, 0.2) is 0 Å². The van der Waals surface area contributed by atoms with Gasteiger partial charge in [0, 0.05) is 18.1 Å². The molecule has 0 aliphatic heterocycles. The Kier molecular flexibility index (Phi) is 4.19. The van der Waals surface area contributed by atoms with E-state index in [0.717, 1.165) is 10.8 Å². The lowest BCUT2D eigenvalue weighted by molar-refractivity contribution is 1.05. The summed E-state index contributed by atoms with van der Waals surface area (Å²) in [5, 5.41) is 2.49. The van der Waals surface area contributed by atoms with Crippen LogP contribution in [0.4, 0.5) is 0 Å². The fourth-order valence-electron chi connectivity index (χ4n) is 1.62. The topological polar surface area (TPSA) is 25.8 Å². The van der Waals surface area contributed by atoms with Crippen molar-refractivity contribution in [3.05, 3.63) is 48.4 Å². The molecule has 1 aromatic carbocycles. The maximum atomic E-state index is 4.26. The summed E-state index contributed by atoms with van der Waals surface area (Å²) in [6.45, 7) is 7.11. The number of hydrogen-bond acceptors (Lipinski definition) is 3. The zero-order chi connectivity index (χ0) is 13.0. The number of hydrogen-bond donors (Lipinski definition) is 0. The van der Waals surface area contributed by atoms with Crippen LogP contribution in [0, 0.1) is 0 Å². The Bertz CT molecular complexity index is 491. The number of rotatable bonds is 4. The highest BCUT2D eigenvalue weighted by atomic mass is 32.2. The van der Waals surface area contributed by atoms with Crippen LogP contribution in [0.1, 0.15) is 5.56 Å². The van der Waals surface area contributed by atoms with E-state index in [4.69, 9.17) is 0 Å². The molecule has 0 aliphatic rings. The second-order valence-electron chi connectivity index (χ2n) is 5.28. The average molecular weight is 274 g/mol. The molecule has 0 aliphatic carbocycles. The second-order valence-corrected chi connectivity index (χ2v) is 11.4. The van der Waals surface area contributed by atoms with Crippen LogP contribution < -0.4 is 5.19 Å². The Hall–Kier alpha value is -1.13. The van der Waals surface area contributed by atoms with Gasteiger partial charge >= 0.3 is 0 Å². The van der Waals surface area contributed by atoms with Crippen molar-refractivity contribution in [3.63, 3.8) is 0 Å². The Morgan fingerprint density at radius 1 is 1.06 bits per heavy atom. The molecule has 0 spiro atoms. The molecule has 0 saturated carbocycles. The van der Waals surface area contributed by atoms with Crippen molar-refractivity contribution in [2.45, 2.75) is 30.4 Å². The Labute approximate surface area is 114 Å². The van der Waals surface area contributed by atoms with Gasteiger partial charge in [-0.25, -0.2) is 4.98 Å². The summed E-state index contributed by atoms with van der Waals surface area (Å²) in [6.07, 6.45) is 5.24. The Morgan fingerprint density at radius 2 is 1.78 bits per heavy atom. The first-order chi connectivity index (χ1) is 8.55. The summed E-state index contributed by atoms with van der Waals surface area (Å²) in [6, 6.07) is 9.02. The molecular weight excluding hydrogens is 256 g/mol. The third kappa shape index (κ3) is 3.68. The highest BCUT2D eigenvalue weighted by Gasteiger charge is 2.15. The van der Waals surface area contributed by atoms with Gasteiger partial charge in [0.2, 0.25) is 0 Å². The van der Waals surface area contributed by atoms with Gasteiger partial charge in [-0.3, -0.25) is 4.98 Å². The maximum Gasteiger partial charge on any atom is 0.115 e. The van der Waals surface area contributed by atoms with E-state index in [1.54, 1.807) is 30.4 Å². The van der Waals surface area contributed by atoms with Crippen molar-refractivity contribution >= 4 is 25.0 Å². The predicted molar refractivity (Wildman–Crippen MR) is 81.0 cm³/mol. The number of benzene rings is 1. The van der Waals surface area contributed by atoms with Crippen LogP contribution in [0.3, 0.4) is 0 Å². The first-order valence-corrected chi connectivity index (χ1v) is 10.5. The van der Waals surface area contributed by atoms with Crippen molar-refractivity contribution in [2.24, 2.45) is 0 Å². The van der Waals surface area contributed by atoms with Gasteiger partial charge in [0.05, 0.1) is 14.3 Å². The van der Waals surface area contributed by atoms with Crippen LogP contribution in [-0.4, -0.2) is 18.0 Å². The normalized spacial score (nSPS) is 11.5. The lowest BCUT2D eigenvalue weighted by Gasteiger charge is -2.16. The van der Waals surface area contributed by atoms with Crippen molar-refractivity contribution in [1.29, 1.82) is 0 Å². The molecule has 94 valence electrons. The lowest BCUT2D eigenvalue weighted by Crippen LogP contribution is -2.37. The summed E-state index contributed by atoms with van der Waals surface area (Å²) >= 11 is 1.72. The van der Waals surface area contributed by atoms with E-state index < -0.39 is 8.07 Å². The minimum absolute atomic E-state index is 0.949. The van der Waals surface area contributed by atoms with Gasteiger partial charge in [-0.2, -0.15) is 0 Å². The second kappa shape index (κ2) is 5.67. The molecule has 2 rings (SSSR count). The van der Waals surface area contributed by atoms with Crippen LogP contribution in [0.25, 0.3) is 0 Å². The van der Waals surface area contributed by atoms with Gasteiger partial charge in [0.25, 0.3) is 0 Å². The molecule has 0 fully saturated rings. The molecule has 2 aromatic rings. The van der Waals surface area contributed by atoms with Crippen LogP contribution in [-0.2, 0) is 5.75 Å². The molecule has 18 heavy (non-hydrogen) atoms. The highest BCUT2D eigenvalue weighted by molar-refractivity contribution is 7.98. The molecule has 2 nitrogen and oxygen atoms in total. The third-order valence-corrected chi connectivity index (χ3v) is 5.80. The third-order valence-electron chi connectivity index (χ3n) is 2.75. The van der Waals surface area contributed by atoms with E-state index in [1.165, 1.54) is 10.8 Å². The number of aromatic nitrogens is 2. The largest absolute Gasteiger partial charge is 0.260 e. The van der Waals surface area contributed by atoms with Gasteiger partial charge in [0.1, 0.15) is 5.03 Å². The molecule has 4 heteroatoms. The first-order valence-electron chi connectivity index (χ1n) is 6.04. The van der Waals surface area contributed by atoms with E-state index in [0.29, 0.717) is 0 Å². The fourth-order valence-corrected chi connectivity index (χ4v) is 3.56. The first kappa shape index (κ1) is 13.3. The van der Waals surface area contributed by atoms with E-state index in [2.05, 4.69) is 53.9 Å². The average Bonchev–Trinajstić information content (AvgIpc) is 2.37. The van der Waals surface area contributed by atoms with E-state index in [9.17, 15) is 0 Å². The van der Waals surface area contributed by atoms with Gasteiger partial charge < -0.3 is 0 Å². The van der Waals surface area contributed by atoms with Crippen LogP contribution in [0.5, 0.6) is 0 Å². The minimum Gasteiger partial charge on any atom is -0.260 e. The van der Waals surface area contributed by atoms with Crippen LogP contribution in [0.15, 0.2) is 47.9 Å². The predicted octanol–water partition coefficient (Wildman–Crippen LogP) is 3.31. The van der Waals surface area contributed by atoms with E-state index in [-0.39, 0.29) is 0 Å². The molecule has 0 unspecified atom stereocenters. The molecule has 0 N–H and O–H groups in total. The SMILES string of the molecule is C[Si](C)(C)c1ccc(CSc2cnccn2)cc1. The molecule has 1 heterocycles. The van der Waals surface area contributed by atoms with Gasteiger partial charge in [-0.15, -0.1) is 11.8 Å². The standard InChI is InChI=1S/C14H18N2SSi/c1-18(2,3)13-6-4-12(5-7-13)11-17-14-10-15-8-9-16-14/h4-10H,11H2,1-3H3. The molecule has 0 saturated heterocycles. The smallest absolute Gasteiger partial charge is 0.115 e. The summed E-state index contributed by atoms with van der Waals surface area (Å²) < 4.78 is 0. The fraction of sp³-hybridized carbons (Fsp3) is 0.286. The van der Waals surface area contributed by atoms with Gasteiger partial charge in [-0.1, -0.05) is 49.1 Å². The molecule has 0 radical (unpaired) electrons. The van der Waals surface area contributed by atoms with E-state index >= 15 is 0 Å². The Balaban J connectivity index is 1.99. The van der Waals surface area contributed by atoms with Crippen LogP contribution >= 0.6 is 11.8 Å². The summed E-state index contributed by atoms with van der Waals surface area (Å²) in [5.41, 5.74) is 1.34. The van der Waals surface area contributed by atoms with Crippen molar-refractivity contribution in [1.82, 2.24) is 9.97 Å². The maximum absolute atomic E-state index is 4.26. The minimum atomic E-state index is -1.17. The molecule has 1 aromatic heterocycles. The molecule has 0 bridgehead atoms. The summed E-state index contributed by atoms with van der Waals surface area (Å²) in [7, 11) is -1.17. The number of thioether (sulfide) groups is 1. The van der Waals surface area contributed by atoms with Crippen molar-refractivity contribution < 1.29 is 0 Å². The molecular formula is C14H18N2SSi. The van der Waals surface area contributed by atoms with Crippen LogP contribution in [0.2, 0.25) is 19.6 Å². The zero-order valence-electron chi connectivity index (χ0n) is 11.1. The Morgan fingerprint density at radius 3 is 2.33 bits per heavy atom. The monoisotopic (exact) mass is 274 g/mol.